The average molecular weight is 333 g/mol. The number of nitrogens with one attached hydrogen (secondary N) is 1. The summed E-state index contributed by atoms with van der Waals surface area (Å²) >= 11 is 0. The topological polar surface area (TPSA) is 46.1 Å². The van der Waals surface area contributed by atoms with Gasteiger partial charge in [0.2, 0.25) is 0 Å². The third kappa shape index (κ3) is 6.49. The molecule has 5 heteroatoms. The third-order valence-electron chi connectivity index (χ3n) is 4.22. The number of rotatable bonds is 9. The molecular formula is C19H31N3O2. The first-order valence-electron chi connectivity index (χ1n) is 8.97. The molecule has 1 N–H and O–H groups in total. The maximum Gasteiger partial charge on any atom is 0.194 e. The van der Waals surface area contributed by atoms with E-state index >= 15 is 0 Å². The predicted molar refractivity (Wildman–Crippen MR) is 98.5 cm³/mol. The van der Waals surface area contributed by atoms with Crippen molar-refractivity contribution in [3.8, 4) is 0 Å². The predicted octanol–water partition coefficient (Wildman–Crippen LogP) is 2.18. The van der Waals surface area contributed by atoms with Gasteiger partial charge in [-0.1, -0.05) is 30.3 Å². The number of nitrogens with zero attached hydrogens (tertiary/aromatic N) is 2. The summed E-state index contributed by atoms with van der Waals surface area (Å²) in [4.78, 5) is 7.08. The van der Waals surface area contributed by atoms with Crippen LogP contribution in [0.3, 0.4) is 0 Å². The molecule has 1 aromatic carbocycles. The highest BCUT2D eigenvalue weighted by Gasteiger charge is 2.24. The Morgan fingerprint density at radius 1 is 1.25 bits per heavy atom. The van der Waals surface area contributed by atoms with Crippen molar-refractivity contribution in [3.63, 3.8) is 0 Å². The Morgan fingerprint density at radius 2 is 2.08 bits per heavy atom. The SMILES string of the molecule is CCNC(=NCCOCCOC)N1CCC(Cc2ccccc2)C1. The average Bonchev–Trinajstić information content (AvgIpc) is 3.06. The van der Waals surface area contributed by atoms with Gasteiger partial charge in [0, 0.05) is 26.7 Å². The van der Waals surface area contributed by atoms with Gasteiger partial charge in [-0.25, -0.2) is 0 Å². The molecule has 5 nitrogen and oxygen atoms in total. The first-order chi connectivity index (χ1) is 11.8. The molecule has 1 aliphatic rings. The molecule has 24 heavy (non-hydrogen) atoms. The van der Waals surface area contributed by atoms with Gasteiger partial charge in [-0.2, -0.15) is 0 Å². The fourth-order valence-electron chi connectivity index (χ4n) is 3.03. The summed E-state index contributed by atoms with van der Waals surface area (Å²) in [7, 11) is 1.68. The first kappa shape index (κ1) is 18.7. The van der Waals surface area contributed by atoms with Gasteiger partial charge in [0.1, 0.15) is 0 Å². The van der Waals surface area contributed by atoms with E-state index in [4.69, 9.17) is 14.5 Å². The van der Waals surface area contributed by atoms with Crippen LogP contribution in [0.5, 0.6) is 0 Å². The van der Waals surface area contributed by atoms with Gasteiger partial charge < -0.3 is 19.7 Å². The number of hydrogen-bond acceptors (Lipinski definition) is 3. The van der Waals surface area contributed by atoms with Crippen LogP contribution >= 0.6 is 0 Å². The highest BCUT2D eigenvalue weighted by atomic mass is 16.5. The molecule has 1 saturated heterocycles. The molecule has 1 unspecified atom stereocenters. The summed E-state index contributed by atoms with van der Waals surface area (Å²) in [6.45, 7) is 7.75. The highest BCUT2D eigenvalue weighted by molar-refractivity contribution is 5.80. The number of guanidine groups is 1. The van der Waals surface area contributed by atoms with E-state index in [1.54, 1.807) is 7.11 Å². The zero-order valence-electron chi connectivity index (χ0n) is 15.0. The second kappa shape index (κ2) is 11.0. The molecule has 0 bridgehead atoms. The second-order valence-corrected chi connectivity index (χ2v) is 6.13. The molecule has 1 heterocycles. The summed E-state index contributed by atoms with van der Waals surface area (Å²) in [6, 6.07) is 10.8. The van der Waals surface area contributed by atoms with Gasteiger partial charge in [-0.3, -0.25) is 4.99 Å². The summed E-state index contributed by atoms with van der Waals surface area (Å²) in [5, 5.41) is 3.41. The number of benzene rings is 1. The number of aliphatic imine (C=N–C) groups is 1. The minimum atomic E-state index is 0.630. The fourth-order valence-corrected chi connectivity index (χ4v) is 3.03. The van der Waals surface area contributed by atoms with Gasteiger partial charge in [-0.05, 0) is 31.2 Å². The van der Waals surface area contributed by atoms with E-state index in [-0.39, 0.29) is 0 Å². The van der Waals surface area contributed by atoms with E-state index in [1.807, 2.05) is 0 Å². The van der Waals surface area contributed by atoms with E-state index in [2.05, 4.69) is 47.5 Å². The molecule has 0 spiro atoms. The fraction of sp³-hybridized carbons (Fsp3) is 0.632. The van der Waals surface area contributed by atoms with Crippen molar-refractivity contribution < 1.29 is 9.47 Å². The molecule has 1 atom stereocenters. The largest absolute Gasteiger partial charge is 0.382 e. The Bertz CT molecular complexity index is 479. The maximum atomic E-state index is 5.49. The molecule has 0 aliphatic carbocycles. The molecule has 0 saturated carbocycles. The molecule has 0 radical (unpaired) electrons. The monoisotopic (exact) mass is 333 g/mol. The summed E-state index contributed by atoms with van der Waals surface area (Å²) in [5.41, 5.74) is 1.43. The van der Waals surface area contributed by atoms with Crippen LogP contribution in [-0.2, 0) is 15.9 Å². The second-order valence-electron chi connectivity index (χ2n) is 6.13. The molecule has 2 rings (SSSR count). The lowest BCUT2D eigenvalue weighted by molar-refractivity contribution is 0.0747. The molecule has 1 fully saturated rings. The van der Waals surface area contributed by atoms with Crippen LogP contribution in [0.2, 0.25) is 0 Å². The van der Waals surface area contributed by atoms with Crippen molar-refractivity contribution in [3.05, 3.63) is 35.9 Å². The Hall–Kier alpha value is -1.59. The zero-order chi connectivity index (χ0) is 17.0. The number of ether oxygens (including phenoxy) is 2. The summed E-state index contributed by atoms with van der Waals surface area (Å²) in [5.74, 6) is 1.72. The van der Waals surface area contributed by atoms with E-state index in [9.17, 15) is 0 Å². The highest BCUT2D eigenvalue weighted by Crippen LogP contribution is 2.20. The van der Waals surface area contributed by atoms with E-state index in [0.29, 0.717) is 32.3 Å². The van der Waals surface area contributed by atoms with E-state index in [1.165, 1.54) is 12.0 Å². The van der Waals surface area contributed by atoms with E-state index < -0.39 is 0 Å². The van der Waals surface area contributed by atoms with Crippen molar-refractivity contribution in [2.45, 2.75) is 19.8 Å². The van der Waals surface area contributed by atoms with Crippen molar-refractivity contribution in [2.24, 2.45) is 10.9 Å². The molecule has 1 aliphatic heterocycles. The smallest absolute Gasteiger partial charge is 0.194 e. The van der Waals surface area contributed by atoms with Crippen LogP contribution in [0.15, 0.2) is 35.3 Å². The molecule has 0 amide bonds. The van der Waals surface area contributed by atoms with Crippen molar-refractivity contribution >= 4 is 5.96 Å². The lowest BCUT2D eigenvalue weighted by atomic mass is 9.99. The zero-order valence-corrected chi connectivity index (χ0v) is 15.0. The van der Waals surface area contributed by atoms with Gasteiger partial charge in [0.25, 0.3) is 0 Å². The summed E-state index contributed by atoms with van der Waals surface area (Å²) < 4.78 is 10.5. The normalized spacial score (nSPS) is 18.2. The Labute approximate surface area is 146 Å². The lowest BCUT2D eigenvalue weighted by Crippen LogP contribution is -2.40. The van der Waals surface area contributed by atoms with Gasteiger partial charge >= 0.3 is 0 Å². The standard InChI is InChI=1S/C19H31N3O2/c1-3-20-19(21-10-12-24-14-13-23-2)22-11-9-18(16-22)15-17-7-5-4-6-8-17/h4-8,18H,3,9-16H2,1-2H3,(H,20,21). The Balaban J connectivity index is 1.78. The van der Waals surface area contributed by atoms with Crippen LogP contribution in [0.4, 0.5) is 0 Å². The quantitative estimate of drug-likeness (QED) is 0.427. The van der Waals surface area contributed by atoms with Crippen LogP contribution in [0.1, 0.15) is 18.9 Å². The van der Waals surface area contributed by atoms with Gasteiger partial charge in [0.05, 0.1) is 26.4 Å². The number of hydrogen-bond donors (Lipinski definition) is 1. The van der Waals surface area contributed by atoms with Crippen LogP contribution < -0.4 is 5.32 Å². The molecule has 1 aromatic rings. The van der Waals surface area contributed by atoms with Gasteiger partial charge in [0.15, 0.2) is 5.96 Å². The van der Waals surface area contributed by atoms with Crippen molar-refractivity contribution in [1.82, 2.24) is 10.2 Å². The van der Waals surface area contributed by atoms with Crippen LogP contribution in [0, 0.1) is 5.92 Å². The molecular weight excluding hydrogens is 302 g/mol. The lowest BCUT2D eigenvalue weighted by Gasteiger charge is -2.21. The summed E-state index contributed by atoms with van der Waals surface area (Å²) in [6.07, 6.45) is 2.38. The third-order valence-corrected chi connectivity index (χ3v) is 4.22. The maximum absolute atomic E-state index is 5.49. The van der Waals surface area contributed by atoms with Crippen LogP contribution in [0.25, 0.3) is 0 Å². The van der Waals surface area contributed by atoms with E-state index in [0.717, 1.165) is 32.0 Å². The molecule has 0 aromatic heterocycles. The van der Waals surface area contributed by atoms with Crippen molar-refractivity contribution in [1.29, 1.82) is 0 Å². The Morgan fingerprint density at radius 3 is 2.83 bits per heavy atom. The Kier molecular flexibility index (Phi) is 8.63. The minimum absolute atomic E-state index is 0.630. The first-order valence-corrected chi connectivity index (χ1v) is 8.97. The van der Waals surface area contributed by atoms with Gasteiger partial charge in [-0.15, -0.1) is 0 Å². The van der Waals surface area contributed by atoms with Crippen LogP contribution in [-0.4, -0.2) is 64.0 Å². The number of likely N-dealkylation sites (tertiary alicyclic amines) is 1. The van der Waals surface area contributed by atoms with Crippen molar-refractivity contribution in [2.75, 3.05) is 53.1 Å². The minimum Gasteiger partial charge on any atom is -0.382 e. The molecule has 134 valence electrons. The number of methoxy groups -OCH3 is 1.